The van der Waals surface area contributed by atoms with Gasteiger partial charge in [-0.1, -0.05) is 30.3 Å². The van der Waals surface area contributed by atoms with Gasteiger partial charge in [0.15, 0.2) is 0 Å². The summed E-state index contributed by atoms with van der Waals surface area (Å²) in [7, 11) is 3.61. The molecule has 0 radical (unpaired) electrons. The molecular formula is C18H28N2O2. The predicted molar refractivity (Wildman–Crippen MR) is 88.6 cm³/mol. The van der Waals surface area contributed by atoms with E-state index < -0.39 is 0 Å². The van der Waals surface area contributed by atoms with Crippen molar-refractivity contribution in [2.75, 3.05) is 40.4 Å². The molecule has 1 aliphatic rings. The van der Waals surface area contributed by atoms with Gasteiger partial charge in [-0.2, -0.15) is 0 Å². The van der Waals surface area contributed by atoms with E-state index in [0.717, 1.165) is 45.4 Å². The zero-order valence-electron chi connectivity index (χ0n) is 13.8. The molecule has 1 atom stereocenters. The van der Waals surface area contributed by atoms with Gasteiger partial charge in [0.25, 0.3) is 0 Å². The van der Waals surface area contributed by atoms with Crippen LogP contribution in [0.5, 0.6) is 0 Å². The Morgan fingerprint density at radius 1 is 1.36 bits per heavy atom. The van der Waals surface area contributed by atoms with Crippen molar-refractivity contribution in [2.45, 2.75) is 25.8 Å². The minimum absolute atomic E-state index is 0.144. The third kappa shape index (κ3) is 5.11. The van der Waals surface area contributed by atoms with E-state index in [4.69, 9.17) is 4.74 Å². The highest BCUT2D eigenvalue weighted by Crippen LogP contribution is 2.20. The van der Waals surface area contributed by atoms with E-state index in [9.17, 15) is 4.79 Å². The van der Waals surface area contributed by atoms with Crippen molar-refractivity contribution in [3.63, 3.8) is 0 Å². The summed E-state index contributed by atoms with van der Waals surface area (Å²) >= 11 is 0. The Bertz CT molecular complexity index is 450. The summed E-state index contributed by atoms with van der Waals surface area (Å²) in [5.41, 5.74) is 1.32. The highest BCUT2D eigenvalue weighted by Gasteiger charge is 2.27. The van der Waals surface area contributed by atoms with E-state index in [2.05, 4.69) is 29.2 Å². The van der Waals surface area contributed by atoms with Crippen LogP contribution in [0, 0.1) is 5.92 Å². The smallest absolute Gasteiger partial charge is 0.226 e. The number of amides is 1. The minimum atomic E-state index is 0.144. The molecule has 0 spiro atoms. The number of carbonyl (C=O) groups is 1. The third-order valence-corrected chi connectivity index (χ3v) is 4.32. The molecule has 22 heavy (non-hydrogen) atoms. The average molecular weight is 304 g/mol. The van der Waals surface area contributed by atoms with Crippen molar-refractivity contribution < 1.29 is 9.53 Å². The molecule has 0 bridgehead atoms. The second-order valence-electron chi connectivity index (χ2n) is 6.17. The van der Waals surface area contributed by atoms with Crippen LogP contribution in [0.2, 0.25) is 0 Å². The number of benzene rings is 1. The number of hydrogen-bond donors (Lipinski definition) is 0. The summed E-state index contributed by atoms with van der Waals surface area (Å²) < 4.78 is 5.05. The standard InChI is InChI=1S/C18H28N2O2/c1-19(11-7-13-22-2)18(21)17-10-6-12-20(15-17)14-16-8-4-3-5-9-16/h3-5,8-9,17H,6-7,10-15H2,1-2H3. The normalized spacial score (nSPS) is 19.1. The lowest BCUT2D eigenvalue weighted by Gasteiger charge is -2.34. The molecule has 0 aliphatic carbocycles. The highest BCUT2D eigenvalue weighted by atomic mass is 16.5. The molecule has 0 saturated carbocycles. The molecule has 1 amide bonds. The monoisotopic (exact) mass is 304 g/mol. The molecule has 1 heterocycles. The van der Waals surface area contributed by atoms with Crippen LogP contribution in [-0.2, 0) is 16.1 Å². The molecule has 0 aromatic heterocycles. The van der Waals surface area contributed by atoms with Crippen LogP contribution < -0.4 is 0 Å². The molecule has 1 aliphatic heterocycles. The number of likely N-dealkylation sites (tertiary alicyclic amines) is 1. The zero-order chi connectivity index (χ0) is 15.8. The third-order valence-electron chi connectivity index (χ3n) is 4.32. The summed E-state index contributed by atoms with van der Waals surface area (Å²) in [6.45, 7) is 4.40. The van der Waals surface area contributed by atoms with Gasteiger partial charge in [-0.25, -0.2) is 0 Å². The maximum Gasteiger partial charge on any atom is 0.226 e. The number of ether oxygens (including phenoxy) is 1. The SMILES string of the molecule is COCCCN(C)C(=O)C1CCCN(Cc2ccccc2)C1. The molecule has 1 aromatic rings. The van der Waals surface area contributed by atoms with Gasteiger partial charge in [0, 0.05) is 40.4 Å². The lowest BCUT2D eigenvalue weighted by atomic mass is 9.96. The van der Waals surface area contributed by atoms with E-state index in [1.54, 1.807) is 7.11 Å². The summed E-state index contributed by atoms with van der Waals surface area (Å²) in [6, 6.07) is 10.5. The van der Waals surface area contributed by atoms with Crippen LogP contribution in [0.25, 0.3) is 0 Å². The van der Waals surface area contributed by atoms with Gasteiger partial charge in [-0.3, -0.25) is 9.69 Å². The number of rotatable bonds is 7. The fourth-order valence-electron chi connectivity index (χ4n) is 3.11. The number of carbonyl (C=O) groups excluding carboxylic acids is 1. The Morgan fingerprint density at radius 3 is 2.86 bits per heavy atom. The van der Waals surface area contributed by atoms with Crippen LogP contribution in [0.1, 0.15) is 24.8 Å². The Balaban J connectivity index is 1.83. The van der Waals surface area contributed by atoms with Gasteiger partial charge in [-0.05, 0) is 31.4 Å². The van der Waals surface area contributed by atoms with Crippen LogP contribution in [-0.4, -0.2) is 56.1 Å². The van der Waals surface area contributed by atoms with Gasteiger partial charge >= 0.3 is 0 Å². The van der Waals surface area contributed by atoms with Gasteiger partial charge < -0.3 is 9.64 Å². The molecule has 4 nitrogen and oxygen atoms in total. The second-order valence-corrected chi connectivity index (χ2v) is 6.17. The maximum atomic E-state index is 12.5. The van der Waals surface area contributed by atoms with Crippen molar-refractivity contribution >= 4 is 5.91 Å². The Labute approximate surface area is 134 Å². The van der Waals surface area contributed by atoms with Crippen molar-refractivity contribution in [3.8, 4) is 0 Å². The highest BCUT2D eigenvalue weighted by molar-refractivity contribution is 5.78. The molecule has 122 valence electrons. The van der Waals surface area contributed by atoms with Gasteiger partial charge in [0.2, 0.25) is 5.91 Å². The van der Waals surface area contributed by atoms with E-state index in [-0.39, 0.29) is 11.8 Å². The predicted octanol–water partition coefficient (Wildman–Crippen LogP) is 2.39. The first-order valence-electron chi connectivity index (χ1n) is 8.21. The van der Waals surface area contributed by atoms with Gasteiger partial charge in [-0.15, -0.1) is 0 Å². The van der Waals surface area contributed by atoms with Gasteiger partial charge in [0.05, 0.1) is 5.92 Å². The van der Waals surface area contributed by atoms with Crippen LogP contribution in [0.4, 0.5) is 0 Å². The first-order chi connectivity index (χ1) is 10.7. The van der Waals surface area contributed by atoms with Crippen molar-refractivity contribution in [2.24, 2.45) is 5.92 Å². The number of methoxy groups -OCH3 is 1. The van der Waals surface area contributed by atoms with Crippen molar-refractivity contribution in [1.29, 1.82) is 0 Å². The maximum absolute atomic E-state index is 12.5. The topological polar surface area (TPSA) is 32.8 Å². The Morgan fingerprint density at radius 2 is 2.14 bits per heavy atom. The number of piperidine rings is 1. The van der Waals surface area contributed by atoms with E-state index >= 15 is 0 Å². The fraction of sp³-hybridized carbons (Fsp3) is 0.611. The van der Waals surface area contributed by atoms with Gasteiger partial charge in [0.1, 0.15) is 0 Å². The first-order valence-corrected chi connectivity index (χ1v) is 8.21. The fourth-order valence-corrected chi connectivity index (χ4v) is 3.11. The lowest BCUT2D eigenvalue weighted by Crippen LogP contribution is -2.43. The summed E-state index contributed by atoms with van der Waals surface area (Å²) in [6.07, 6.45) is 3.02. The summed E-state index contributed by atoms with van der Waals surface area (Å²) in [5, 5.41) is 0. The minimum Gasteiger partial charge on any atom is -0.385 e. The first kappa shape index (κ1) is 17.0. The number of nitrogens with zero attached hydrogens (tertiary/aromatic N) is 2. The molecular weight excluding hydrogens is 276 g/mol. The summed E-state index contributed by atoms with van der Waals surface area (Å²) in [5.74, 6) is 0.430. The van der Waals surface area contributed by atoms with E-state index in [1.807, 2.05) is 18.0 Å². The van der Waals surface area contributed by atoms with Crippen LogP contribution in [0.15, 0.2) is 30.3 Å². The quantitative estimate of drug-likeness (QED) is 0.725. The molecule has 4 heteroatoms. The molecule has 1 aromatic carbocycles. The van der Waals surface area contributed by atoms with E-state index in [0.29, 0.717) is 6.61 Å². The summed E-state index contributed by atoms with van der Waals surface area (Å²) in [4.78, 5) is 16.8. The molecule has 1 unspecified atom stereocenters. The van der Waals surface area contributed by atoms with E-state index in [1.165, 1.54) is 5.56 Å². The lowest BCUT2D eigenvalue weighted by molar-refractivity contribution is -0.136. The average Bonchev–Trinajstić information content (AvgIpc) is 2.55. The molecule has 1 saturated heterocycles. The molecule has 1 fully saturated rings. The van der Waals surface area contributed by atoms with Crippen LogP contribution in [0.3, 0.4) is 0 Å². The molecule has 2 rings (SSSR count). The number of hydrogen-bond acceptors (Lipinski definition) is 3. The second kappa shape index (κ2) is 8.91. The van der Waals surface area contributed by atoms with Crippen molar-refractivity contribution in [1.82, 2.24) is 9.80 Å². The Hall–Kier alpha value is -1.39. The molecule has 0 N–H and O–H groups in total. The largest absolute Gasteiger partial charge is 0.385 e. The Kier molecular flexibility index (Phi) is 6.87. The van der Waals surface area contributed by atoms with Crippen LogP contribution >= 0.6 is 0 Å². The van der Waals surface area contributed by atoms with Crippen molar-refractivity contribution in [3.05, 3.63) is 35.9 Å². The zero-order valence-corrected chi connectivity index (χ0v) is 13.8.